The van der Waals surface area contributed by atoms with E-state index in [0.29, 0.717) is 0 Å². The molecule has 1 spiro atoms. The van der Waals surface area contributed by atoms with Crippen molar-refractivity contribution in [1.29, 1.82) is 0 Å². The van der Waals surface area contributed by atoms with Crippen molar-refractivity contribution >= 4 is 93.3 Å². The van der Waals surface area contributed by atoms with E-state index in [9.17, 15) is 0 Å². The summed E-state index contributed by atoms with van der Waals surface area (Å²) in [4.78, 5) is 11.3. The lowest BCUT2D eigenvalue weighted by Gasteiger charge is -2.53. The van der Waals surface area contributed by atoms with Crippen molar-refractivity contribution < 1.29 is 0 Å². The fraction of sp³-hybridized carbons (Fsp3) is 0.138. The SMILES string of the molecule is CCCCc1ccc(N2c3cc4ccccc4c4c3B(c3c2sc2cc5c(cc32)C(C)=CCC5(C)C)N2c3ccccc3S3(c5ccccc5-c5ccccc53)c3cccc-4c32)c(-c2ccccc2)c1. The molecule has 0 atom stereocenters. The zero-order valence-corrected chi connectivity index (χ0v) is 41.6. The monoisotopic (exact) mass is 934 g/mol. The maximum absolute atomic E-state index is 2.84. The molecule has 336 valence electrons. The zero-order valence-electron chi connectivity index (χ0n) is 40.0. The molecule has 10 aromatic rings. The van der Waals surface area contributed by atoms with E-state index < -0.39 is 10.0 Å². The van der Waals surface area contributed by atoms with Gasteiger partial charge in [-0.25, -0.2) is 0 Å². The molecule has 0 saturated heterocycles. The number of rotatable bonds is 5. The Morgan fingerprint density at radius 1 is 0.586 bits per heavy atom. The minimum atomic E-state index is -1.91. The van der Waals surface area contributed by atoms with Gasteiger partial charge in [0.2, 0.25) is 0 Å². The number of unbranched alkanes of at least 4 members (excludes halogenated alkanes) is 1. The van der Waals surface area contributed by atoms with Gasteiger partial charge in [-0.05, 0) is 164 Å². The Morgan fingerprint density at radius 2 is 1.29 bits per heavy atom. The van der Waals surface area contributed by atoms with Gasteiger partial charge in [0.1, 0.15) is 0 Å². The van der Waals surface area contributed by atoms with Crippen LogP contribution < -0.4 is 20.6 Å². The summed E-state index contributed by atoms with van der Waals surface area (Å²) in [5, 5.41) is 5.27. The standard InChI is InChI=1S/C65H51BN2S2/c1-5-6-19-41-32-33-52(49(36-41)42-20-8-7-9-21-42)67-54-37-43-22-10-11-23-44(43)60-47-26-18-31-59-63(47)68(53-27-14-17-30-58(53)70(59)56-28-15-12-24-45(56)46-25-13-16-29-57(46)70)66(62(54)60)61-50-38-48-40(2)34-35-65(3,4)51(48)39-55(50)69-64(61)67/h7-18,20-34,36-39H,5-6,19,35H2,1-4H3. The van der Waals surface area contributed by atoms with Crippen LogP contribution in [0.3, 0.4) is 0 Å². The highest BCUT2D eigenvalue weighted by molar-refractivity contribution is 8.34. The van der Waals surface area contributed by atoms with Crippen LogP contribution in [0.4, 0.5) is 27.8 Å². The van der Waals surface area contributed by atoms with E-state index >= 15 is 0 Å². The van der Waals surface area contributed by atoms with E-state index in [2.05, 4.69) is 225 Å². The molecule has 1 aromatic heterocycles. The van der Waals surface area contributed by atoms with Crippen molar-refractivity contribution in [3.05, 3.63) is 205 Å². The molecule has 5 heteroatoms. The highest BCUT2D eigenvalue weighted by Crippen LogP contribution is 2.85. The number of benzene rings is 9. The lowest BCUT2D eigenvalue weighted by atomic mass is 9.43. The van der Waals surface area contributed by atoms with E-state index in [1.54, 1.807) is 0 Å². The number of para-hydroxylation sites is 2. The van der Waals surface area contributed by atoms with Gasteiger partial charge in [-0.15, -0.1) is 21.4 Å². The lowest BCUT2D eigenvalue weighted by molar-refractivity contribution is 0.528. The van der Waals surface area contributed by atoms with Gasteiger partial charge in [0.15, 0.2) is 0 Å². The van der Waals surface area contributed by atoms with Crippen molar-refractivity contribution in [2.45, 2.75) is 78.4 Å². The average Bonchev–Trinajstić information content (AvgIpc) is 3.92. The fourth-order valence-electron chi connectivity index (χ4n) is 13.3. The maximum atomic E-state index is 2.84. The average molecular weight is 935 g/mol. The fourth-order valence-corrected chi connectivity index (χ4v) is 19.1. The summed E-state index contributed by atoms with van der Waals surface area (Å²) < 4.78 is 1.36. The third-order valence-corrected chi connectivity index (χ3v) is 21.6. The molecule has 0 saturated carbocycles. The van der Waals surface area contributed by atoms with E-state index in [1.807, 2.05) is 11.3 Å². The number of nitrogens with zero attached hydrogens (tertiary/aromatic N) is 2. The van der Waals surface area contributed by atoms with Crippen LogP contribution in [0.25, 0.3) is 59.8 Å². The highest BCUT2D eigenvalue weighted by Gasteiger charge is 2.55. The molecular formula is C65H51BN2S2. The van der Waals surface area contributed by atoms with Crippen LogP contribution in [-0.2, 0) is 11.8 Å². The van der Waals surface area contributed by atoms with Crippen molar-refractivity contribution in [1.82, 2.24) is 0 Å². The largest absolute Gasteiger partial charge is 0.375 e. The van der Waals surface area contributed by atoms with Crippen molar-refractivity contribution in [3.8, 4) is 33.4 Å². The second-order valence-corrected chi connectivity index (χ2v) is 24.8. The number of hydrogen-bond acceptors (Lipinski definition) is 3. The molecule has 2 nitrogen and oxygen atoms in total. The van der Waals surface area contributed by atoms with E-state index in [1.165, 1.54) is 148 Å². The first-order valence-electron chi connectivity index (χ1n) is 25.2. The minimum absolute atomic E-state index is 0.0331. The molecule has 70 heavy (non-hydrogen) atoms. The van der Waals surface area contributed by atoms with Gasteiger partial charge in [-0.1, -0.05) is 155 Å². The summed E-state index contributed by atoms with van der Waals surface area (Å²) in [7, 11) is -1.91. The number of aryl methyl sites for hydroxylation is 1. The molecule has 4 aliphatic heterocycles. The van der Waals surface area contributed by atoms with Crippen molar-refractivity contribution in [2.24, 2.45) is 0 Å². The molecule has 0 N–H and O–H groups in total. The molecule has 9 aromatic carbocycles. The summed E-state index contributed by atoms with van der Waals surface area (Å²) in [5.74, 6) is 0. The number of anilines is 5. The summed E-state index contributed by atoms with van der Waals surface area (Å²) in [6.07, 6.45) is 6.94. The van der Waals surface area contributed by atoms with Gasteiger partial charge >= 0.3 is 6.85 Å². The van der Waals surface area contributed by atoms with Gasteiger partial charge in [-0.2, -0.15) is 0 Å². The molecule has 0 radical (unpaired) electrons. The normalized spacial score (nSPS) is 16.2. The molecule has 0 unspecified atom stereocenters. The Hall–Kier alpha value is -7.05. The summed E-state index contributed by atoms with van der Waals surface area (Å²) in [6.45, 7) is 9.40. The Bertz CT molecular complexity index is 3890. The predicted molar refractivity (Wildman–Crippen MR) is 301 cm³/mol. The first-order chi connectivity index (χ1) is 34.4. The Kier molecular flexibility index (Phi) is 8.59. The number of allylic oxidation sites excluding steroid dienone is 2. The first kappa shape index (κ1) is 40.8. The summed E-state index contributed by atoms with van der Waals surface area (Å²) in [6, 6.07) is 71.0. The van der Waals surface area contributed by atoms with Gasteiger partial charge in [0, 0.05) is 46.8 Å². The van der Waals surface area contributed by atoms with Gasteiger partial charge < -0.3 is 9.71 Å². The van der Waals surface area contributed by atoms with Gasteiger partial charge in [0.25, 0.3) is 0 Å². The van der Waals surface area contributed by atoms with E-state index in [-0.39, 0.29) is 12.3 Å². The van der Waals surface area contributed by atoms with Gasteiger partial charge in [0.05, 0.1) is 16.4 Å². The Balaban J connectivity index is 1.12. The third kappa shape index (κ3) is 5.27. The molecular weight excluding hydrogens is 884 g/mol. The summed E-state index contributed by atoms with van der Waals surface area (Å²) >= 11 is 2.00. The predicted octanol–water partition coefficient (Wildman–Crippen LogP) is 17.5. The van der Waals surface area contributed by atoms with Crippen LogP contribution in [0.15, 0.2) is 208 Å². The quantitative estimate of drug-likeness (QED) is 0.159. The molecule has 0 amide bonds. The van der Waals surface area contributed by atoms with Crippen LogP contribution in [0.2, 0.25) is 0 Å². The Morgan fingerprint density at radius 3 is 2.09 bits per heavy atom. The Labute approximate surface area is 417 Å². The van der Waals surface area contributed by atoms with Crippen molar-refractivity contribution in [3.63, 3.8) is 0 Å². The molecule has 1 aliphatic carbocycles. The maximum Gasteiger partial charge on any atom is 0.334 e. The van der Waals surface area contributed by atoms with Crippen LogP contribution >= 0.6 is 21.4 Å². The second kappa shape index (κ2) is 14.7. The van der Waals surface area contributed by atoms with E-state index in [0.717, 1.165) is 12.8 Å². The van der Waals surface area contributed by atoms with E-state index in [4.69, 9.17) is 0 Å². The molecule has 15 rings (SSSR count). The number of fused-ring (bicyclic) bond motifs is 18. The molecule has 0 fully saturated rings. The van der Waals surface area contributed by atoms with Crippen LogP contribution in [0.5, 0.6) is 0 Å². The van der Waals surface area contributed by atoms with Crippen LogP contribution in [0, 0.1) is 0 Å². The smallest absolute Gasteiger partial charge is 0.334 e. The minimum Gasteiger partial charge on any atom is -0.375 e. The highest BCUT2D eigenvalue weighted by atomic mass is 32.3. The van der Waals surface area contributed by atoms with Crippen LogP contribution in [-0.4, -0.2) is 6.85 Å². The molecule has 5 aliphatic rings. The van der Waals surface area contributed by atoms with Crippen molar-refractivity contribution in [2.75, 3.05) is 9.71 Å². The lowest BCUT2D eigenvalue weighted by Crippen LogP contribution is -2.62. The second-order valence-electron chi connectivity index (χ2n) is 20.7. The number of hydrogen-bond donors (Lipinski definition) is 0. The molecule has 5 heterocycles. The first-order valence-corrected chi connectivity index (χ1v) is 27.7. The topological polar surface area (TPSA) is 6.48 Å². The summed E-state index contributed by atoms with van der Waals surface area (Å²) in [5.41, 5.74) is 21.6. The molecule has 0 bridgehead atoms. The number of thiophene rings is 1. The van der Waals surface area contributed by atoms with Gasteiger partial charge in [-0.3, -0.25) is 0 Å². The third-order valence-electron chi connectivity index (χ3n) is 16.5. The zero-order chi connectivity index (χ0) is 46.6. The van der Waals surface area contributed by atoms with Crippen LogP contribution in [0.1, 0.15) is 63.6 Å².